The lowest BCUT2D eigenvalue weighted by Crippen LogP contribution is -1.97. The molecule has 0 saturated heterocycles. The number of aromatic nitrogens is 1. The van der Waals surface area contributed by atoms with Crippen LogP contribution in [0.3, 0.4) is 0 Å². The zero-order chi connectivity index (χ0) is 13.1. The van der Waals surface area contributed by atoms with Crippen LogP contribution in [0.2, 0.25) is 0 Å². The Morgan fingerprint density at radius 3 is 2.68 bits per heavy atom. The molecule has 1 heterocycles. The molecule has 1 N–H and O–H groups in total. The summed E-state index contributed by atoms with van der Waals surface area (Å²) in [5, 5.41) is 3.36. The number of anilines is 2. The van der Waals surface area contributed by atoms with E-state index >= 15 is 0 Å². The number of pyridine rings is 1. The summed E-state index contributed by atoms with van der Waals surface area (Å²) >= 11 is 5.73. The van der Waals surface area contributed by atoms with E-state index in [-0.39, 0.29) is 0 Å². The van der Waals surface area contributed by atoms with Crippen molar-refractivity contribution < 1.29 is 0 Å². The number of halogens is 1. The van der Waals surface area contributed by atoms with Gasteiger partial charge in [-0.25, -0.2) is 4.98 Å². The summed E-state index contributed by atoms with van der Waals surface area (Å²) in [7, 11) is 0. The smallest absolute Gasteiger partial charge is 0.130 e. The number of nitrogens with zero attached hydrogens (tertiary/aromatic N) is 1. The van der Waals surface area contributed by atoms with Crippen LogP contribution in [0.15, 0.2) is 36.4 Å². The maximum absolute atomic E-state index is 5.73. The van der Waals surface area contributed by atoms with Crippen LogP contribution in [0.5, 0.6) is 0 Å². The molecule has 0 aliphatic heterocycles. The minimum atomic E-state index is 0.666. The Bertz CT molecular complexity index is 563. The Labute approximate surface area is 118 Å². The number of alkyl halides is 1. The largest absolute Gasteiger partial charge is 0.340 e. The van der Waals surface area contributed by atoms with Crippen LogP contribution in [0.4, 0.5) is 11.5 Å². The lowest BCUT2D eigenvalue weighted by Gasteiger charge is -2.08. The molecule has 0 unspecified atom stereocenters. The summed E-state index contributed by atoms with van der Waals surface area (Å²) in [6.07, 6.45) is 4.44. The van der Waals surface area contributed by atoms with Gasteiger partial charge < -0.3 is 5.32 Å². The molecule has 1 aromatic carbocycles. The summed E-state index contributed by atoms with van der Waals surface area (Å²) in [4.78, 5) is 4.68. The van der Waals surface area contributed by atoms with Crippen LogP contribution >= 0.6 is 11.6 Å². The van der Waals surface area contributed by atoms with Crippen molar-refractivity contribution in [2.45, 2.75) is 25.7 Å². The molecule has 1 aliphatic carbocycles. The zero-order valence-electron chi connectivity index (χ0n) is 10.8. The highest BCUT2D eigenvalue weighted by atomic mass is 35.5. The molecular weight excluding hydrogens is 256 g/mol. The first-order valence-corrected chi connectivity index (χ1v) is 7.29. The fourth-order valence-electron chi connectivity index (χ4n) is 2.50. The predicted molar refractivity (Wildman–Crippen MR) is 80.4 cm³/mol. The van der Waals surface area contributed by atoms with E-state index < -0.39 is 0 Å². The standard InChI is InChI=1S/C16H17ClN2/c17-11-10-12-4-7-14(8-5-12)18-16-9-6-13-2-1-3-15(13)19-16/h4-9H,1-3,10-11H2,(H,18,19). The second-order valence-corrected chi connectivity index (χ2v) is 5.29. The minimum Gasteiger partial charge on any atom is -0.340 e. The Morgan fingerprint density at radius 1 is 1.05 bits per heavy atom. The van der Waals surface area contributed by atoms with Crippen LogP contribution in [-0.2, 0) is 19.3 Å². The zero-order valence-corrected chi connectivity index (χ0v) is 11.6. The molecule has 19 heavy (non-hydrogen) atoms. The van der Waals surface area contributed by atoms with Crippen molar-refractivity contribution in [1.82, 2.24) is 4.98 Å². The molecule has 3 heteroatoms. The third-order valence-corrected chi connectivity index (χ3v) is 3.73. The maximum Gasteiger partial charge on any atom is 0.130 e. The van der Waals surface area contributed by atoms with Crippen LogP contribution < -0.4 is 5.32 Å². The highest BCUT2D eigenvalue weighted by Crippen LogP contribution is 2.23. The summed E-state index contributed by atoms with van der Waals surface area (Å²) in [5.74, 6) is 1.60. The van der Waals surface area contributed by atoms with Gasteiger partial charge in [-0.3, -0.25) is 0 Å². The molecule has 1 aliphatic rings. The van der Waals surface area contributed by atoms with Gasteiger partial charge in [0.05, 0.1) is 0 Å². The van der Waals surface area contributed by atoms with E-state index in [1.807, 2.05) is 0 Å². The summed E-state index contributed by atoms with van der Waals surface area (Å²) < 4.78 is 0. The molecule has 0 fully saturated rings. The Balaban J connectivity index is 1.74. The van der Waals surface area contributed by atoms with Crippen molar-refractivity contribution >= 4 is 23.1 Å². The van der Waals surface area contributed by atoms with E-state index in [1.54, 1.807) is 0 Å². The average Bonchev–Trinajstić information content (AvgIpc) is 2.89. The molecule has 0 amide bonds. The second kappa shape index (κ2) is 5.62. The second-order valence-electron chi connectivity index (χ2n) is 4.92. The number of benzene rings is 1. The lowest BCUT2D eigenvalue weighted by molar-refractivity contribution is 0.900. The van der Waals surface area contributed by atoms with Crippen LogP contribution in [0.1, 0.15) is 23.2 Å². The molecule has 0 radical (unpaired) electrons. The topological polar surface area (TPSA) is 24.9 Å². The number of hydrogen-bond donors (Lipinski definition) is 1. The van der Waals surface area contributed by atoms with E-state index in [9.17, 15) is 0 Å². The molecule has 2 nitrogen and oxygen atoms in total. The van der Waals surface area contributed by atoms with Gasteiger partial charge >= 0.3 is 0 Å². The average molecular weight is 273 g/mol. The van der Waals surface area contributed by atoms with E-state index in [0.29, 0.717) is 5.88 Å². The number of hydrogen-bond acceptors (Lipinski definition) is 2. The SMILES string of the molecule is ClCCc1ccc(Nc2ccc3c(n2)CCC3)cc1. The number of rotatable bonds is 4. The molecule has 98 valence electrons. The van der Waals surface area contributed by atoms with Gasteiger partial charge in [-0.2, -0.15) is 0 Å². The fourth-order valence-corrected chi connectivity index (χ4v) is 2.72. The third kappa shape index (κ3) is 2.90. The van der Waals surface area contributed by atoms with Crippen LogP contribution in [0.25, 0.3) is 0 Å². The summed E-state index contributed by atoms with van der Waals surface area (Å²) in [6.45, 7) is 0. The summed E-state index contributed by atoms with van der Waals surface area (Å²) in [6, 6.07) is 12.6. The Morgan fingerprint density at radius 2 is 1.89 bits per heavy atom. The van der Waals surface area contributed by atoms with Gasteiger partial charge in [0.15, 0.2) is 0 Å². The van der Waals surface area contributed by atoms with Gasteiger partial charge in [0, 0.05) is 17.3 Å². The van der Waals surface area contributed by atoms with Crippen molar-refractivity contribution in [1.29, 1.82) is 0 Å². The molecule has 2 aromatic rings. The van der Waals surface area contributed by atoms with E-state index in [1.165, 1.54) is 29.7 Å². The van der Waals surface area contributed by atoms with Crippen molar-refractivity contribution in [2.24, 2.45) is 0 Å². The van der Waals surface area contributed by atoms with Crippen molar-refractivity contribution in [3.8, 4) is 0 Å². The molecule has 1 aromatic heterocycles. The maximum atomic E-state index is 5.73. The van der Waals surface area contributed by atoms with Gasteiger partial charge in [-0.05, 0) is 55.0 Å². The van der Waals surface area contributed by atoms with Gasteiger partial charge in [-0.15, -0.1) is 11.6 Å². The summed E-state index contributed by atoms with van der Waals surface area (Å²) in [5.41, 5.74) is 5.00. The quantitative estimate of drug-likeness (QED) is 0.848. The first-order chi connectivity index (χ1) is 9.35. The molecular formula is C16H17ClN2. The highest BCUT2D eigenvalue weighted by Gasteiger charge is 2.12. The third-order valence-electron chi connectivity index (χ3n) is 3.54. The van der Waals surface area contributed by atoms with Crippen molar-refractivity contribution in [3.63, 3.8) is 0 Å². The minimum absolute atomic E-state index is 0.666. The Hall–Kier alpha value is -1.54. The fraction of sp³-hybridized carbons (Fsp3) is 0.312. The molecule has 0 spiro atoms. The monoisotopic (exact) mass is 272 g/mol. The van der Waals surface area contributed by atoms with Crippen molar-refractivity contribution in [3.05, 3.63) is 53.2 Å². The first-order valence-electron chi connectivity index (χ1n) is 6.76. The van der Waals surface area contributed by atoms with Crippen LogP contribution in [-0.4, -0.2) is 10.9 Å². The van der Waals surface area contributed by atoms with Gasteiger partial charge in [0.1, 0.15) is 5.82 Å². The van der Waals surface area contributed by atoms with E-state index in [0.717, 1.165) is 24.3 Å². The molecule has 0 bridgehead atoms. The number of nitrogens with one attached hydrogen (secondary N) is 1. The van der Waals surface area contributed by atoms with Gasteiger partial charge in [-0.1, -0.05) is 18.2 Å². The van der Waals surface area contributed by atoms with E-state index in [2.05, 4.69) is 46.7 Å². The lowest BCUT2D eigenvalue weighted by atomic mass is 10.1. The van der Waals surface area contributed by atoms with E-state index in [4.69, 9.17) is 11.6 Å². The number of aryl methyl sites for hydroxylation is 3. The normalized spacial score (nSPS) is 13.3. The van der Waals surface area contributed by atoms with Gasteiger partial charge in [0.25, 0.3) is 0 Å². The molecule has 3 rings (SSSR count). The predicted octanol–water partition coefficient (Wildman–Crippen LogP) is 4.10. The molecule has 0 saturated carbocycles. The van der Waals surface area contributed by atoms with Crippen LogP contribution in [0, 0.1) is 0 Å². The molecule has 0 atom stereocenters. The first kappa shape index (κ1) is 12.5. The van der Waals surface area contributed by atoms with Gasteiger partial charge in [0.2, 0.25) is 0 Å². The highest BCUT2D eigenvalue weighted by molar-refractivity contribution is 6.17. The Kier molecular flexibility index (Phi) is 3.69. The van der Waals surface area contributed by atoms with Crippen molar-refractivity contribution in [2.75, 3.05) is 11.2 Å². The number of fused-ring (bicyclic) bond motifs is 1.